The molecule has 0 aliphatic heterocycles. The lowest BCUT2D eigenvalue weighted by Gasteiger charge is -2.29. The molecule has 1 aliphatic carbocycles. The van der Waals surface area contributed by atoms with E-state index in [1.807, 2.05) is 50.2 Å². The highest BCUT2D eigenvalue weighted by Gasteiger charge is 2.39. The summed E-state index contributed by atoms with van der Waals surface area (Å²) in [6.07, 6.45) is -6.98. The molecule has 0 saturated carbocycles. The van der Waals surface area contributed by atoms with Crippen molar-refractivity contribution in [3.8, 4) is 22.6 Å². The molecule has 0 saturated heterocycles. The van der Waals surface area contributed by atoms with Crippen LogP contribution >= 0.6 is 0 Å². The third-order valence-corrected chi connectivity index (χ3v) is 7.59. The Balaban J connectivity index is 1.74. The Morgan fingerprint density at radius 2 is 1.09 bits per heavy atom. The zero-order chi connectivity index (χ0) is 31.9. The van der Waals surface area contributed by atoms with Gasteiger partial charge in [-0.3, -0.25) is 0 Å². The Bertz CT molecular complexity index is 1650. The molecule has 0 unspecified atom stereocenters. The fraction of sp³-hybridized carbons (Fsp3) is 0.200. The molecule has 1 aliphatic rings. The first kappa shape index (κ1) is 30.8. The molecule has 0 amide bonds. The third kappa shape index (κ3) is 5.66. The Morgan fingerprint density at radius 3 is 1.59 bits per heavy atom. The molecule has 0 fully saturated rings. The highest BCUT2D eigenvalue weighted by Crippen LogP contribution is 2.51. The molecule has 0 radical (unpaired) electrons. The molecular formula is C35H29F6NO2. The van der Waals surface area contributed by atoms with Gasteiger partial charge in [0.25, 0.3) is 0 Å². The van der Waals surface area contributed by atoms with Gasteiger partial charge in [-0.15, -0.1) is 0 Å². The molecule has 0 N–H and O–H groups in total. The largest absolute Gasteiger partial charge is 0.489 e. The van der Waals surface area contributed by atoms with Gasteiger partial charge in [0.2, 0.25) is 0 Å². The average molecular weight is 610 g/mol. The van der Waals surface area contributed by atoms with Crippen LogP contribution in [-0.4, -0.2) is 13.2 Å². The number of hydrogen-bond acceptors (Lipinski definition) is 3. The molecule has 0 atom stereocenters. The van der Waals surface area contributed by atoms with Crippen molar-refractivity contribution < 1.29 is 35.8 Å². The van der Waals surface area contributed by atoms with Gasteiger partial charge in [-0.2, -0.15) is 26.3 Å². The number of alkyl halides is 6. The molecule has 0 bridgehead atoms. The van der Waals surface area contributed by atoms with Gasteiger partial charge in [-0.1, -0.05) is 69.5 Å². The smallest absolute Gasteiger partial charge is 0.420 e. The first-order valence-corrected chi connectivity index (χ1v) is 13.7. The van der Waals surface area contributed by atoms with Crippen LogP contribution in [-0.2, 0) is 17.8 Å². The van der Waals surface area contributed by atoms with Crippen LogP contribution < -0.4 is 14.4 Å². The minimum absolute atomic E-state index is 0.00979. The zero-order valence-electron chi connectivity index (χ0n) is 24.0. The van der Waals surface area contributed by atoms with E-state index in [1.165, 1.54) is 29.2 Å². The van der Waals surface area contributed by atoms with E-state index in [4.69, 9.17) is 9.47 Å². The molecule has 3 nitrogen and oxygen atoms in total. The molecule has 228 valence electrons. The molecule has 4 aromatic rings. The quantitative estimate of drug-likeness (QED) is 0.139. The monoisotopic (exact) mass is 609 g/mol. The number of halogens is 6. The summed E-state index contributed by atoms with van der Waals surface area (Å²) in [5.41, 5.74) is 1.69. The number of benzene rings is 4. The van der Waals surface area contributed by atoms with Crippen LogP contribution in [0.15, 0.2) is 104 Å². The normalized spacial score (nSPS) is 13.5. The highest BCUT2D eigenvalue weighted by molar-refractivity contribution is 5.86. The maximum absolute atomic E-state index is 14.3. The number of hydrogen-bond donors (Lipinski definition) is 0. The van der Waals surface area contributed by atoms with E-state index >= 15 is 0 Å². The Morgan fingerprint density at radius 1 is 0.636 bits per heavy atom. The van der Waals surface area contributed by atoms with Crippen LogP contribution in [0, 0.1) is 0 Å². The molecule has 5 rings (SSSR count). The number of nitrogens with zero attached hydrogens (tertiary/aromatic N) is 1. The average Bonchev–Trinajstić information content (AvgIpc) is 3.21. The number of fused-ring (bicyclic) bond motifs is 3. The van der Waals surface area contributed by atoms with Crippen LogP contribution in [0.25, 0.3) is 11.1 Å². The summed E-state index contributed by atoms with van der Waals surface area (Å²) in [4.78, 5) is 1.37. The van der Waals surface area contributed by atoms with E-state index in [0.29, 0.717) is 5.69 Å². The van der Waals surface area contributed by atoms with Crippen molar-refractivity contribution in [2.45, 2.75) is 31.6 Å². The van der Waals surface area contributed by atoms with Crippen molar-refractivity contribution in [3.63, 3.8) is 0 Å². The molecular weight excluding hydrogens is 580 g/mol. The van der Waals surface area contributed by atoms with Crippen molar-refractivity contribution >= 4 is 17.1 Å². The first-order valence-electron chi connectivity index (χ1n) is 13.7. The maximum Gasteiger partial charge on any atom is 0.420 e. The Labute approximate surface area is 251 Å². The predicted molar refractivity (Wildman–Crippen MR) is 160 cm³/mol. The first-order chi connectivity index (χ1) is 20.8. The maximum atomic E-state index is 14.3. The lowest BCUT2D eigenvalue weighted by Crippen LogP contribution is -2.18. The van der Waals surface area contributed by atoms with E-state index < -0.39 is 40.4 Å². The lowest BCUT2D eigenvalue weighted by molar-refractivity contribution is -0.139. The van der Waals surface area contributed by atoms with Gasteiger partial charge in [0, 0.05) is 22.5 Å². The van der Waals surface area contributed by atoms with Crippen molar-refractivity contribution in [1.82, 2.24) is 0 Å². The molecule has 0 spiro atoms. The second kappa shape index (κ2) is 11.4. The van der Waals surface area contributed by atoms with Crippen LogP contribution in [0.1, 0.15) is 36.1 Å². The van der Waals surface area contributed by atoms with Gasteiger partial charge in [-0.25, -0.2) is 0 Å². The highest BCUT2D eigenvalue weighted by atomic mass is 19.4. The van der Waals surface area contributed by atoms with Gasteiger partial charge in [0.05, 0.1) is 11.1 Å². The number of anilines is 3. The predicted octanol–water partition coefficient (Wildman–Crippen LogP) is 10.6. The summed E-state index contributed by atoms with van der Waals surface area (Å²) < 4.78 is 96.0. The summed E-state index contributed by atoms with van der Waals surface area (Å²) in [6, 6.07) is 20.1. The summed E-state index contributed by atoms with van der Waals surface area (Å²) in [6.45, 7) is 10.7. The summed E-state index contributed by atoms with van der Waals surface area (Å²) in [5, 5.41) is 0. The van der Waals surface area contributed by atoms with Gasteiger partial charge >= 0.3 is 12.4 Å². The molecule has 4 aromatic carbocycles. The van der Waals surface area contributed by atoms with Gasteiger partial charge in [-0.05, 0) is 70.8 Å². The fourth-order valence-corrected chi connectivity index (χ4v) is 5.58. The SMILES string of the molecule is C=CCOc1ccc(N(c2ccc(OCC=C)c(C(F)(F)F)c2)c2ccc3c(c2)C(C)(C)c2ccccc2-3)cc1C(F)(F)F. The number of ether oxygens (including phenoxy) is 2. The second-order valence-corrected chi connectivity index (χ2v) is 10.8. The van der Waals surface area contributed by atoms with Crippen molar-refractivity contribution in [3.05, 3.63) is 126 Å². The van der Waals surface area contributed by atoms with Crippen LogP contribution in [0.5, 0.6) is 11.5 Å². The van der Waals surface area contributed by atoms with E-state index in [1.54, 1.807) is 6.07 Å². The van der Waals surface area contributed by atoms with Crippen LogP contribution in [0.2, 0.25) is 0 Å². The molecule has 0 heterocycles. The number of rotatable bonds is 9. The van der Waals surface area contributed by atoms with Gasteiger partial charge in [0.15, 0.2) is 0 Å². The van der Waals surface area contributed by atoms with Crippen molar-refractivity contribution in [2.75, 3.05) is 18.1 Å². The summed E-state index contributed by atoms with van der Waals surface area (Å²) in [5.74, 6) is -0.841. The standard InChI is InChI=1S/C35H29F6NO2/c1-5-17-43-31-15-12-23(20-29(31)34(36,37)38)42(24-13-16-32(44-18-6-2)30(21-24)35(39,40)41)22-11-14-26-25-9-7-8-10-27(25)33(3,4)28(26)19-22/h5-16,19-21H,1-2,17-18H2,3-4H3. The lowest BCUT2D eigenvalue weighted by atomic mass is 9.82. The van der Waals surface area contributed by atoms with Gasteiger partial charge < -0.3 is 14.4 Å². The Hall–Kier alpha value is -4.66. The van der Waals surface area contributed by atoms with Gasteiger partial charge in [0.1, 0.15) is 24.7 Å². The summed E-state index contributed by atoms with van der Waals surface area (Å²) in [7, 11) is 0. The topological polar surface area (TPSA) is 21.7 Å². The van der Waals surface area contributed by atoms with E-state index in [0.717, 1.165) is 46.5 Å². The third-order valence-electron chi connectivity index (χ3n) is 7.59. The molecule has 0 aromatic heterocycles. The van der Waals surface area contributed by atoms with Crippen molar-refractivity contribution in [1.29, 1.82) is 0 Å². The van der Waals surface area contributed by atoms with E-state index in [9.17, 15) is 26.3 Å². The Kier molecular flexibility index (Phi) is 8.01. The minimum Gasteiger partial charge on any atom is -0.489 e. The fourth-order valence-electron chi connectivity index (χ4n) is 5.58. The molecule has 9 heteroatoms. The minimum atomic E-state index is -4.81. The van der Waals surface area contributed by atoms with E-state index in [2.05, 4.69) is 13.2 Å². The van der Waals surface area contributed by atoms with Crippen molar-refractivity contribution in [2.24, 2.45) is 0 Å². The molecule has 44 heavy (non-hydrogen) atoms. The summed E-state index contributed by atoms with van der Waals surface area (Å²) >= 11 is 0. The van der Waals surface area contributed by atoms with E-state index in [-0.39, 0.29) is 24.6 Å². The second-order valence-electron chi connectivity index (χ2n) is 10.8. The van der Waals surface area contributed by atoms with Crippen LogP contribution in [0.4, 0.5) is 43.4 Å². The van der Waals surface area contributed by atoms with Crippen LogP contribution in [0.3, 0.4) is 0 Å². The zero-order valence-corrected chi connectivity index (χ0v) is 24.0.